The Bertz CT molecular complexity index is 387. The molecule has 0 N–H and O–H groups in total. The van der Waals surface area contributed by atoms with Gasteiger partial charge >= 0.3 is 0 Å². The Morgan fingerprint density at radius 3 is 2.87 bits per heavy atom. The van der Waals surface area contributed by atoms with Crippen molar-refractivity contribution in [3.63, 3.8) is 0 Å². The van der Waals surface area contributed by atoms with Crippen molar-refractivity contribution in [3.8, 4) is 0 Å². The molecule has 1 aromatic rings. The highest BCUT2D eigenvalue weighted by molar-refractivity contribution is 5.42. The molecule has 0 fully saturated rings. The van der Waals surface area contributed by atoms with Crippen LogP contribution >= 0.6 is 0 Å². The lowest BCUT2D eigenvalue weighted by Crippen LogP contribution is -2.49. The quantitative estimate of drug-likeness (QED) is 0.354. The number of nitrogens with zero attached hydrogens (tertiary/aromatic N) is 5. The largest absolute Gasteiger partial charge is 0.631 e. The first-order valence-electron chi connectivity index (χ1n) is 4.91. The van der Waals surface area contributed by atoms with Crippen LogP contribution in [0.5, 0.6) is 0 Å². The first-order chi connectivity index (χ1) is 6.94. The standard InChI is InChI=1S/C8H15N5O2/c1-4-11-8-7(9-12(11)14)5-13(3,15)6-10(8)2/h4-6H2,1-3H3. The van der Waals surface area contributed by atoms with Crippen LogP contribution in [0.4, 0.5) is 5.82 Å². The lowest BCUT2D eigenvalue weighted by atomic mass is 10.3. The summed E-state index contributed by atoms with van der Waals surface area (Å²) in [5.41, 5.74) is 0.582. The van der Waals surface area contributed by atoms with Crippen LogP contribution in [0.1, 0.15) is 12.6 Å². The average Bonchev–Trinajstić information content (AvgIpc) is 2.38. The third kappa shape index (κ3) is 1.53. The van der Waals surface area contributed by atoms with Crippen LogP contribution in [-0.4, -0.2) is 35.2 Å². The first-order valence-corrected chi connectivity index (χ1v) is 4.91. The molecule has 0 radical (unpaired) electrons. The number of fused-ring (bicyclic) bond motifs is 1. The summed E-state index contributed by atoms with van der Waals surface area (Å²) in [5, 5.41) is 27.1. The van der Waals surface area contributed by atoms with Gasteiger partial charge in [0, 0.05) is 17.1 Å². The number of anilines is 1. The molecule has 1 aliphatic heterocycles. The zero-order valence-electron chi connectivity index (χ0n) is 9.17. The summed E-state index contributed by atoms with van der Waals surface area (Å²) in [5.74, 6) is 0.763. The average molecular weight is 213 g/mol. The van der Waals surface area contributed by atoms with E-state index in [0.717, 1.165) is 5.82 Å². The molecule has 15 heavy (non-hydrogen) atoms. The Morgan fingerprint density at radius 2 is 2.27 bits per heavy atom. The minimum Gasteiger partial charge on any atom is -0.631 e. The molecular formula is C8H15N5O2. The maximum absolute atomic E-state index is 11.8. The van der Waals surface area contributed by atoms with Gasteiger partial charge in [0.25, 0.3) is 0 Å². The molecule has 0 bridgehead atoms. The highest BCUT2D eigenvalue weighted by Crippen LogP contribution is 2.26. The highest BCUT2D eigenvalue weighted by atomic mass is 16.5. The lowest BCUT2D eigenvalue weighted by molar-refractivity contribution is -0.876. The number of quaternary nitrogens is 1. The zero-order valence-corrected chi connectivity index (χ0v) is 9.17. The van der Waals surface area contributed by atoms with E-state index in [2.05, 4.69) is 5.10 Å². The molecule has 1 aliphatic rings. The Hall–Kier alpha value is -1.34. The van der Waals surface area contributed by atoms with Crippen molar-refractivity contribution < 1.29 is 9.61 Å². The van der Waals surface area contributed by atoms with Crippen LogP contribution in [-0.2, 0) is 13.1 Å². The summed E-state index contributed by atoms with van der Waals surface area (Å²) in [4.78, 5) is 2.35. The predicted octanol–water partition coefficient (Wildman–Crippen LogP) is -0.612. The Balaban J connectivity index is 2.50. The number of aromatic nitrogens is 3. The molecule has 0 amide bonds. The Kier molecular flexibility index (Phi) is 2.09. The molecule has 2 heterocycles. The van der Waals surface area contributed by atoms with Crippen molar-refractivity contribution in [2.24, 2.45) is 0 Å². The summed E-state index contributed by atoms with van der Waals surface area (Å²) in [6.45, 7) is 3.04. The molecule has 1 unspecified atom stereocenters. The van der Waals surface area contributed by atoms with Gasteiger partial charge in [-0.3, -0.25) is 0 Å². The Labute approximate surface area is 87.8 Å². The van der Waals surface area contributed by atoms with Gasteiger partial charge in [0.2, 0.25) is 11.5 Å². The van der Waals surface area contributed by atoms with E-state index in [1.165, 1.54) is 4.68 Å². The summed E-state index contributed by atoms with van der Waals surface area (Å²) < 4.78 is 1.11. The predicted molar refractivity (Wildman–Crippen MR) is 53.4 cm³/mol. The van der Waals surface area contributed by atoms with Crippen molar-refractivity contribution in [1.82, 2.24) is 9.78 Å². The SMILES string of the molecule is CCn1c2c(n[n+]1[O-])C[N+](C)([O-])CN2C. The van der Waals surface area contributed by atoms with Crippen molar-refractivity contribution in [2.75, 3.05) is 25.7 Å². The molecule has 0 saturated heterocycles. The normalized spacial score (nSPS) is 25.5. The lowest BCUT2D eigenvalue weighted by Gasteiger charge is -2.43. The van der Waals surface area contributed by atoms with E-state index < -0.39 is 4.65 Å². The van der Waals surface area contributed by atoms with Gasteiger partial charge in [0.1, 0.15) is 6.54 Å². The summed E-state index contributed by atoms with van der Waals surface area (Å²) in [7, 11) is 3.39. The molecule has 0 saturated carbocycles. The van der Waals surface area contributed by atoms with E-state index in [1.54, 1.807) is 19.0 Å². The van der Waals surface area contributed by atoms with E-state index in [1.807, 2.05) is 6.92 Å². The van der Waals surface area contributed by atoms with Gasteiger partial charge in [-0.15, -0.1) is 0 Å². The van der Waals surface area contributed by atoms with Gasteiger partial charge in [-0.25, -0.2) is 0 Å². The molecule has 1 aromatic heterocycles. The molecular weight excluding hydrogens is 198 g/mol. The van der Waals surface area contributed by atoms with E-state index in [4.69, 9.17) is 0 Å². The van der Waals surface area contributed by atoms with E-state index in [0.29, 0.717) is 23.9 Å². The second kappa shape index (κ2) is 3.07. The number of hydrogen-bond donors (Lipinski definition) is 0. The first kappa shape index (κ1) is 10.2. The van der Waals surface area contributed by atoms with Gasteiger partial charge in [0.05, 0.1) is 13.6 Å². The van der Waals surface area contributed by atoms with Crippen molar-refractivity contribution in [2.45, 2.75) is 20.0 Å². The molecule has 7 nitrogen and oxygen atoms in total. The number of rotatable bonds is 1. The smallest absolute Gasteiger partial charge is 0.212 e. The summed E-state index contributed by atoms with van der Waals surface area (Å²) in [6, 6.07) is 0. The minimum absolute atomic E-state index is 0.259. The fourth-order valence-electron chi connectivity index (χ4n) is 2.10. The van der Waals surface area contributed by atoms with Crippen molar-refractivity contribution in [1.29, 1.82) is 0 Å². The number of hydrogen-bond acceptors (Lipinski definition) is 4. The van der Waals surface area contributed by atoms with Crippen LogP contribution in [0, 0.1) is 10.4 Å². The van der Waals surface area contributed by atoms with Gasteiger partial charge in [0.15, 0.2) is 6.67 Å². The highest BCUT2D eigenvalue weighted by Gasteiger charge is 2.34. The molecule has 84 valence electrons. The van der Waals surface area contributed by atoms with Crippen LogP contribution in [0.3, 0.4) is 0 Å². The van der Waals surface area contributed by atoms with Crippen LogP contribution < -0.4 is 9.86 Å². The fourth-order valence-corrected chi connectivity index (χ4v) is 2.10. The van der Waals surface area contributed by atoms with E-state index in [-0.39, 0.29) is 6.54 Å². The third-order valence-electron chi connectivity index (χ3n) is 2.57. The van der Waals surface area contributed by atoms with Gasteiger partial charge in [-0.2, -0.15) is 0 Å². The van der Waals surface area contributed by atoms with E-state index in [9.17, 15) is 10.4 Å². The summed E-state index contributed by atoms with van der Waals surface area (Å²) in [6.07, 6.45) is 0. The molecule has 0 spiro atoms. The van der Waals surface area contributed by atoms with Crippen molar-refractivity contribution in [3.05, 3.63) is 16.1 Å². The maximum Gasteiger partial charge on any atom is 0.212 e. The van der Waals surface area contributed by atoms with Gasteiger partial charge in [-0.1, -0.05) is 4.68 Å². The van der Waals surface area contributed by atoms with Crippen LogP contribution in [0.15, 0.2) is 0 Å². The summed E-state index contributed by atoms with van der Waals surface area (Å²) >= 11 is 0. The molecule has 0 aliphatic carbocycles. The van der Waals surface area contributed by atoms with Crippen LogP contribution in [0.25, 0.3) is 0 Å². The van der Waals surface area contributed by atoms with E-state index >= 15 is 0 Å². The molecule has 1 atom stereocenters. The van der Waals surface area contributed by atoms with Gasteiger partial charge in [-0.05, 0) is 6.92 Å². The number of hydroxylamine groups is 3. The Morgan fingerprint density at radius 1 is 1.60 bits per heavy atom. The minimum atomic E-state index is -0.412. The van der Waals surface area contributed by atoms with Crippen LogP contribution in [0.2, 0.25) is 0 Å². The fraction of sp³-hybridized carbons (Fsp3) is 0.750. The topological polar surface area (TPSA) is 71.1 Å². The second-order valence-corrected chi connectivity index (χ2v) is 4.13. The monoisotopic (exact) mass is 213 g/mol. The maximum atomic E-state index is 11.8. The molecule has 0 aromatic carbocycles. The molecule has 7 heteroatoms. The second-order valence-electron chi connectivity index (χ2n) is 4.13. The molecule has 2 rings (SSSR count). The van der Waals surface area contributed by atoms with Gasteiger partial charge < -0.3 is 20.0 Å². The van der Waals surface area contributed by atoms with Crippen molar-refractivity contribution >= 4 is 5.82 Å². The zero-order chi connectivity index (χ0) is 11.2. The third-order valence-corrected chi connectivity index (χ3v) is 2.57.